The molecule has 0 aromatic carbocycles. The highest BCUT2D eigenvalue weighted by molar-refractivity contribution is 5.77. The molecule has 2 bridgehead atoms. The van der Waals surface area contributed by atoms with Gasteiger partial charge in [0.05, 0.1) is 6.10 Å². The average Bonchev–Trinajstić information content (AvgIpc) is 2.30. The lowest BCUT2D eigenvalue weighted by atomic mass is 9.43. The highest BCUT2D eigenvalue weighted by Crippen LogP contribution is 2.66. The molecule has 3 heteroatoms. The summed E-state index contributed by atoms with van der Waals surface area (Å²) in [5, 5.41) is 3.08. The van der Waals surface area contributed by atoms with Crippen LogP contribution in [-0.2, 0) is 9.53 Å². The summed E-state index contributed by atoms with van der Waals surface area (Å²) < 4.78 is 5.51. The van der Waals surface area contributed by atoms with Crippen LogP contribution in [-0.4, -0.2) is 25.2 Å². The van der Waals surface area contributed by atoms with Gasteiger partial charge in [-0.05, 0) is 57.3 Å². The van der Waals surface area contributed by atoms with Gasteiger partial charge in [0, 0.05) is 19.6 Å². The van der Waals surface area contributed by atoms with Gasteiger partial charge in [-0.25, -0.2) is 0 Å². The summed E-state index contributed by atoms with van der Waals surface area (Å²) in [5.74, 6) is 1.26. The minimum atomic E-state index is 0.286. The van der Waals surface area contributed by atoms with Crippen molar-refractivity contribution in [2.45, 2.75) is 77.7 Å². The van der Waals surface area contributed by atoms with Crippen molar-refractivity contribution in [1.82, 2.24) is 5.32 Å². The number of nitrogens with one attached hydrogen (secondary N) is 1. The minimum absolute atomic E-state index is 0.286. The predicted octanol–water partition coefficient (Wildman–Crippen LogP) is 3.67. The Bertz CT molecular complexity index is 297. The third-order valence-electron chi connectivity index (χ3n) is 4.80. The molecule has 20 heavy (non-hydrogen) atoms. The van der Waals surface area contributed by atoms with Crippen LogP contribution >= 0.6 is 0 Å². The standard InChI is InChI=1S/C17H31NO2/c1-14(2)20-9-7-5-3-4-6-8-18-16(19)13-17-10-15(11-17)12-17/h14-15H,3-13H2,1-2H3,(H,18,19). The molecule has 0 spiro atoms. The van der Waals surface area contributed by atoms with Gasteiger partial charge in [0.15, 0.2) is 0 Å². The molecule has 0 unspecified atom stereocenters. The topological polar surface area (TPSA) is 38.3 Å². The molecular formula is C17H31NO2. The maximum atomic E-state index is 11.8. The molecule has 1 N–H and O–H groups in total. The average molecular weight is 281 g/mol. The van der Waals surface area contributed by atoms with Crippen LogP contribution < -0.4 is 5.32 Å². The van der Waals surface area contributed by atoms with Gasteiger partial charge in [-0.15, -0.1) is 0 Å². The Labute approximate surface area is 123 Å². The molecule has 3 aliphatic carbocycles. The summed E-state index contributed by atoms with van der Waals surface area (Å²) in [5.41, 5.74) is 0.450. The van der Waals surface area contributed by atoms with E-state index in [-0.39, 0.29) is 5.91 Å². The van der Waals surface area contributed by atoms with E-state index in [0.717, 1.165) is 38.3 Å². The Kier molecular flexibility index (Phi) is 5.88. The van der Waals surface area contributed by atoms with E-state index in [1.807, 2.05) is 0 Å². The Balaban J connectivity index is 1.34. The van der Waals surface area contributed by atoms with E-state index in [1.165, 1.54) is 38.5 Å². The molecule has 3 nitrogen and oxygen atoms in total. The fourth-order valence-corrected chi connectivity index (χ4v) is 3.58. The third-order valence-corrected chi connectivity index (χ3v) is 4.80. The molecule has 1 amide bonds. The first kappa shape index (κ1) is 15.8. The van der Waals surface area contributed by atoms with E-state index < -0.39 is 0 Å². The van der Waals surface area contributed by atoms with Crippen molar-refractivity contribution in [3.8, 4) is 0 Å². The van der Waals surface area contributed by atoms with Crippen molar-refractivity contribution in [2.75, 3.05) is 13.2 Å². The molecule has 0 atom stereocenters. The minimum Gasteiger partial charge on any atom is -0.379 e. The third kappa shape index (κ3) is 4.76. The number of hydrogen-bond donors (Lipinski definition) is 1. The van der Waals surface area contributed by atoms with Crippen molar-refractivity contribution >= 4 is 5.91 Å². The zero-order chi connectivity index (χ0) is 14.4. The number of rotatable bonds is 11. The number of carbonyl (C=O) groups excluding carboxylic acids is 1. The Morgan fingerprint density at radius 2 is 1.80 bits per heavy atom. The van der Waals surface area contributed by atoms with E-state index >= 15 is 0 Å². The van der Waals surface area contributed by atoms with Crippen molar-refractivity contribution in [2.24, 2.45) is 11.3 Å². The fourth-order valence-electron chi connectivity index (χ4n) is 3.58. The summed E-state index contributed by atoms with van der Waals surface area (Å²) in [6.07, 6.45) is 11.1. The molecular weight excluding hydrogens is 250 g/mol. The largest absolute Gasteiger partial charge is 0.379 e. The molecule has 3 saturated carbocycles. The Morgan fingerprint density at radius 1 is 1.15 bits per heavy atom. The summed E-state index contributed by atoms with van der Waals surface area (Å²) in [4.78, 5) is 11.8. The molecule has 0 radical (unpaired) electrons. The van der Waals surface area contributed by atoms with Crippen molar-refractivity contribution in [1.29, 1.82) is 0 Å². The maximum absolute atomic E-state index is 11.8. The van der Waals surface area contributed by atoms with Crippen LogP contribution in [0.2, 0.25) is 0 Å². The highest BCUT2D eigenvalue weighted by atomic mass is 16.5. The Morgan fingerprint density at radius 3 is 2.40 bits per heavy atom. The van der Waals surface area contributed by atoms with E-state index in [0.29, 0.717) is 11.5 Å². The van der Waals surface area contributed by atoms with Gasteiger partial charge in [0.1, 0.15) is 0 Å². The van der Waals surface area contributed by atoms with Gasteiger partial charge in [0.25, 0.3) is 0 Å². The van der Waals surface area contributed by atoms with E-state index in [2.05, 4.69) is 19.2 Å². The quantitative estimate of drug-likeness (QED) is 0.587. The van der Waals surface area contributed by atoms with E-state index in [1.54, 1.807) is 0 Å². The second-order valence-electron chi connectivity index (χ2n) is 7.19. The molecule has 3 aliphatic rings. The summed E-state index contributed by atoms with van der Waals surface area (Å²) in [6, 6.07) is 0. The van der Waals surface area contributed by atoms with E-state index in [9.17, 15) is 4.79 Å². The highest BCUT2D eigenvalue weighted by Gasteiger charge is 2.56. The van der Waals surface area contributed by atoms with Crippen molar-refractivity contribution in [3.05, 3.63) is 0 Å². The lowest BCUT2D eigenvalue weighted by molar-refractivity contribution is -0.144. The smallest absolute Gasteiger partial charge is 0.220 e. The molecule has 3 rings (SSSR count). The van der Waals surface area contributed by atoms with Crippen LogP contribution in [0.15, 0.2) is 0 Å². The lowest BCUT2D eigenvalue weighted by Crippen LogP contribution is -2.53. The van der Waals surface area contributed by atoms with Crippen LogP contribution in [0.3, 0.4) is 0 Å². The van der Waals surface area contributed by atoms with Gasteiger partial charge in [0.2, 0.25) is 5.91 Å². The second-order valence-corrected chi connectivity index (χ2v) is 7.19. The normalized spacial score (nSPS) is 27.1. The zero-order valence-electron chi connectivity index (χ0n) is 13.2. The number of unbranched alkanes of at least 4 members (excludes halogenated alkanes) is 4. The number of carbonyl (C=O) groups is 1. The zero-order valence-corrected chi connectivity index (χ0v) is 13.2. The van der Waals surface area contributed by atoms with Crippen LogP contribution in [0.5, 0.6) is 0 Å². The summed E-state index contributed by atoms with van der Waals surface area (Å²) >= 11 is 0. The first-order valence-electron chi connectivity index (χ1n) is 8.48. The molecule has 116 valence electrons. The van der Waals surface area contributed by atoms with Gasteiger partial charge < -0.3 is 10.1 Å². The second kappa shape index (κ2) is 7.44. The molecule has 0 aromatic rings. The van der Waals surface area contributed by atoms with Gasteiger partial charge in [-0.2, -0.15) is 0 Å². The number of amides is 1. The molecule has 0 saturated heterocycles. The predicted molar refractivity (Wildman–Crippen MR) is 81.6 cm³/mol. The molecule has 0 heterocycles. The molecule has 0 aromatic heterocycles. The number of ether oxygens (including phenoxy) is 1. The monoisotopic (exact) mass is 281 g/mol. The van der Waals surface area contributed by atoms with Crippen LogP contribution in [0.25, 0.3) is 0 Å². The first-order valence-corrected chi connectivity index (χ1v) is 8.48. The molecule has 3 fully saturated rings. The van der Waals surface area contributed by atoms with Crippen LogP contribution in [0, 0.1) is 11.3 Å². The number of hydrogen-bond acceptors (Lipinski definition) is 2. The maximum Gasteiger partial charge on any atom is 0.220 e. The Hall–Kier alpha value is -0.570. The molecule has 0 aliphatic heterocycles. The van der Waals surface area contributed by atoms with Crippen LogP contribution in [0.1, 0.15) is 71.6 Å². The summed E-state index contributed by atoms with van der Waals surface area (Å²) in [6.45, 7) is 5.91. The fraction of sp³-hybridized carbons (Fsp3) is 0.941. The van der Waals surface area contributed by atoms with Crippen LogP contribution in [0.4, 0.5) is 0 Å². The summed E-state index contributed by atoms with van der Waals surface area (Å²) in [7, 11) is 0. The first-order chi connectivity index (χ1) is 9.60. The van der Waals surface area contributed by atoms with Crippen molar-refractivity contribution in [3.63, 3.8) is 0 Å². The van der Waals surface area contributed by atoms with Gasteiger partial charge >= 0.3 is 0 Å². The van der Waals surface area contributed by atoms with E-state index in [4.69, 9.17) is 4.74 Å². The lowest BCUT2D eigenvalue weighted by Gasteiger charge is -2.61. The van der Waals surface area contributed by atoms with Crippen molar-refractivity contribution < 1.29 is 9.53 Å². The van der Waals surface area contributed by atoms with Gasteiger partial charge in [-0.3, -0.25) is 4.79 Å². The van der Waals surface area contributed by atoms with Gasteiger partial charge in [-0.1, -0.05) is 19.3 Å². The SMILES string of the molecule is CC(C)OCCCCCCCNC(=O)CC12CC(C1)C2.